The van der Waals surface area contributed by atoms with E-state index in [4.69, 9.17) is 4.98 Å². The fraction of sp³-hybridized carbons (Fsp3) is 0.125. The van der Waals surface area contributed by atoms with E-state index in [1.54, 1.807) is 31.3 Å². The predicted octanol–water partition coefficient (Wildman–Crippen LogP) is 4.42. The van der Waals surface area contributed by atoms with Crippen molar-refractivity contribution in [2.75, 3.05) is 18.1 Å². The smallest absolute Gasteiger partial charge is 0.251 e. The first kappa shape index (κ1) is 20.7. The average Bonchev–Trinajstić information content (AvgIpc) is 3.16. The minimum atomic E-state index is -0.197. The highest BCUT2D eigenvalue weighted by Gasteiger charge is 2.15. The zero-order valence-corrected chi connectivity index (χ0v) is 18.1. The number of hydrogen-bond donors (Lipinski definition) is 2. The lowest BCUT2D eigenvalue weighted by atomic mass is 10.2. The highest BCUT2D eigenvalue weighted by atomic mass is 32.2. The molecule has 0 saturated carbocycles. The molecule has 4 aromatic rings. The summed E-state index contributed by atoms with van der Waals surface area (Å²) in [5.74, 6) is -0.168. The van der Waals surface area contributed by atoms with Gasteiger partial charge >= 0.3 is 0 Å². The molecule has 0 saturated heterocycles. The molecule has 156 valence electrons. The fourth-order valence-corrected chi connectivity index (χ4v) is 4.16. The summed E-state index contributed by atoms with van der Waals surface area (Å²) in [6.07, 6.45) is 0. The summed E-state index contributed by atoms with van der Waals surface area (Å²) in [6.45, 7) is 2.05. The van der Waals surface area contributed by atoms with E-state index in [1.807, 2.05) is 36.4 Å². The van der Waals surface area contributed by atoms with Crippen LogP contribution in [0.15, 0.2) is 78.0 Å². The molecule has 0 aliphatic heterocycles. The van der Waals surface area contributed by atoms with Crippen molar-refractivity contribution in [3.05, 3.63) is 83.9 Å². The van der Waals surface area contributed by atoms with Gasteiger partial charge < -0.3 is 10.6 Å². The molecule has 0 radical (unpaired) electrons. The third kappa shape index (κ3) is 4.62. The lowest BCUT2D eigenvalue weighted by Crippen LogP contribution is -2.19. The van der Waals surface area contributed by atoms with Crippen LogP contribution in [-0.2, 0) is 4.79 Å². The van der Waals surface area contributed by atoms with Gasteiger partial charge in [-0.05, 0) is 55.0 Å². The summed E-state index contributed by atoms with van der Waals surface area (Å²) in [7, 11) is 1.57. The quantitative estimate of drug-likeness (QED) is 0.444. The molecule has 7 heteroatoms. The summed E-state index contributed by atoms with van der Waals surface area (Å²) in [6, 6.07) is 23.0. The van der Waals surface area contributed by atoms with E-state index in [9.17, 15) is 9.59 Å². The molecule has 0 unspecified atom stereocenters. The number of nitrogens with one attached hydrogen (secondary N) is 2. The average molecular weight is 431 g/mol. The van der Waals surface area contributed by atoms with Crippen LogP contribution >= 0.6 is 11.8 Å². The number of rotatable bonds is 6. The molecule has 0 aliphatic carbocycles. The Morgan fingerprint density at radius 1 is 1.00 bits per heavy atom. The Morgan fingerprint density at radius 2 is 1.81 bits per heavy atom. The topological polar surface area (TPSA) is 76.0 Å². The maximum absolute atomic E-state index is 12.6. The minimum absolute atomic E-state index is 0.165. The summed E-state index contributed by atoms with van der Waals surface area (Å²) < 4.78 is 2.08. The van der Waals surface area contributed by atoms with Gasteiger partial charge in [-0.15, -0.1) is 0 Å². The number of amides is 2. The highest BCUT2D eigenvalue weighted by Crippen LogP contribution is 2.28. The largest absolute Gasteiger partial charge is 0.355 e. The number of aryl methyl sites for hydroxylation is 1. The summed E-state index contributed by atoms with van der Waals surface area (Å²) >= 11 is 1.38. The van der Waals surface area contributed by atoms with Gasteiger partial charge in [0.05, 0.1) is 16.8 Å². The Hall–Kier alpha value is -3.58. The van der Waals surface area contributed by atoms with Crippen molar-refractivity contribution in [2.45, 2.75) is 12.1 Å². The molecular weight excluding hydrogens is 408 g/mol. The minimum Gasteiger partial charge on any atom is -0.355 e. The van der Waals surface area contributed by atoms with Crippen molar-refractivity contribution in [2.24, 2.45) is 0 Å². The van der Waals surface area contributed by atoms with Gasteiger partial charge in [0.25, 0.3) is 5.91 Å². The first-order valence-electron chi connectivity index (χ1n) is 9.84. The van der Waals surface area contributed by atoms with E-state index < -0.39 is 0 Å². The Kier molecular flexibility index (Phi) is 6.04. The summed E-state index contributed by atoms with van der Waals surface area (Å²) in [5, 5.41) is 6.19. The lowest BCUT2D eigenvalue weighted by molar-refractivity contribution is -0.113. The Morgan fingerprint density at radius 3 is 2.61 bits per heavy atom. The number of carbonyl (C=O) groups is 2. The number of para-hydroxylation sites is 2. The molecule has 0 bridgehead atoms. The molecule has 2 amide bonds. The number of thioether (sulfide) groups is 1. The molecule has 1 aromatic heterocycles. The third-order valence-corrected chi connectivity index (χ3v) is 5.70. The van der Waals surface area contributed by atoms with Crippen molar-refractivity contribution in [3.63, 3.8) is 0 Å². The van der Waals surface area contributed by atoms with Crippen LogP contribution in [0, 0.1) is 6.92 Å². The van der Waals surface area contributed by atoms with Gasteiger partial charge in [-0.2, -0.15) is 0 Å². The standard InChI is InChI=1S/C24H22N4O2S/c1-16-7-5-10-19(13-16)28-21-12-4-3-11-20(21)27-24(28)31-15-22(29)26-18-9-6-8-17(14-18)23(30)25-2/h3-14H,15H2,1-2H3,(H,25,30)(H,26,29). The fourth-order valence-electron chi connectivity index (χ4n) is 3.33. The van der Waals surface area contributed by atoms with E-state index in [0.29, 0.717) is 11.3 Å². The summed E-state index contributed by atoms with van der Waals surface area (Å²) in [4.78, 5) is 29.1. The second kappa shape index (κ2) is 9.06. The van der Waals surface area contributed by atoms with E-state index in [-0.39, 0.29) is 17.6 Å². The molecule has 3 aromatic carbocycles. The number of hydrogen-bond acceptors (Lipinski definition) is 4. The monoisotopic (exact) mass is 430 g/mol. The van der Waals surface area contributed by atoms with Crippen LogP contribution in [-0.4, -0.2) is 34.2 Å². The van der Waals surface area contributed by atoms with E-state index in [1.165, 1.54) is 11.8 Å². The van der Waals surface area contributed by atoms with Gasteiger partial charge in [-0.3, -0.25) is 14.2 Å². The van der Waals surface area contributed by atoms with Gasteiger partial charge in [0.2, 0.25) is 5.91 Å². The van der Waals surface area contributed by atoms with Crippen LogP contribution < -0.4 is 10.6 Å². The van der Waals surface area contributed by atoms with Crippen LogP contribution in [0.4, 0.5) is 5.69 Å². The van der Waals surface area contributed by atoms with E-state index in [0.717, 1.165) is 27.4 Å². The van der Waals surface area contributed by atoms with Crippen LogP contribution in [0.2, 0.25) is 0 Å². The van der Waals surface area contributed by atoms with Crippen molar-refractivity contribution in [1.29, 1.82) is 0 Å². The van der Waals surface area contributed by atoms with E-state index in [2.05, 4.69) is 34.3 Å². The Bertz CT molecular complexity index is 1270. The number of carbonyl (C=O) groups excluding carboxylic acids is 2. The van der Waals surface area contributed by atoms with Crippen molar-refractivity contribution in [3.8, 4) is 5.69 Å². The maximum atomic E-state index is 12.6. The van der Waals surface area contributed by atoms with Gasteiger partial charge in [0.15, 0.2) is 5.16 Å². The van der Waals surface area contributed by atoms with Gasteiger partial charge in [-0.1, -0.05) is 42.1 Å². The molecule has 0 spiro atoms. The second-order valence-electron chi connectivity index (χ2n) is 7.05. The van der Waals surface area contributed by atoms with Gasteiger partial charge in [0, 0.05) is 24.0 Å². The Labute approximate surface area is 184 Å². The highest BCUT2D eigenvalue weighted by molar-refractivity contribution is 7.99. The zero-order chi connectivity index (χ0) is 21.8. The molecule has 2 N–H and O–H groups in total. The van der Waals surface area contributed by atoms with Gasteiger partial charge in [0.1, 0.15) is 0 Å². The third-order valence-electron chi connectivity index (χ3n) is 4.76. The van der Waals surface area contributed by atoms with Crippen LogP contribution in [0.5, 0.6) is 0 Å². The molecule has 0 fully saturated rings. The SMILES string of the molecule is CNC(=O)c1cccc(NC(=O)CSc2nc3ccccc3n2-c2cccc(C)c2)c1. The van der Waals surface area contributed by atoms with Crippen molar-refractivity contribution >= 4 is 40.3 Å². The first-order chi connectivity index (χ1) is 15.0. The van der Waals surface area contributed by atoms with Gasteiger partial charge in [-0.25, -0.2) is 4.98 Å². The first-order valence-corrected chi connectivity index (χ1v) is 10.8. The number of imidazole rings is 1. The van der Waals surface area contributed by atoms with Crippen LogP contribution in [0.1, 0.15) is 15.9 Å². The van der Waals surface area contributed by atoms with Crippen molar-refractivity contribution < 1.29 is 9.59 Å². The molecule has 4 rings (SSSR count). The van der Waals surface area contributed by atoms with E-state index >= 15 is 0 Å². The predicted molar refractivity (Wildman–Crippen MR) is 125 cm³/mol. The van der Waals surface area contributed by atoms with Crippen LogP contribution in [0.3, 0.4) is 0 Å². The molecule has 0 aliphatic rings. The summed E-state index contributed by atoms with van der Waals surface area (Å²) in [5.41, 5.74) is 5.11. The number of anilines is 1. The number of benzene rings is 3. The Balaban J connectivity index is 1.55. The molecule has 31 heavy (non-hydrogen) atoms. The number of fused-ring (bicyclic) bond motifs is 1. The molecule has 1 heterocycles. The molecule has 0 atom stereocenters. The zero-order valence-electron chi connectivity index (χ0n) is 17.3. The van der Waals surface area contributed by atoms with Crippen LogP contribution in [0.25, 0.3) is 16.7 Å². The number of nitrogens with zero attached hydrogens (tertiary/aromatic N) is 2. The maximum Gasteiger partial charge on any atom is 0.251 e. The number of aromatic nitrogens is 2. The molecular formula is C24H22N4O2S. The normalized spacial score (nSPS) is 10.8. The second-order valence-corrected chi connectivity index (χ2v) is 8.00. The molecule has 6 nitrogen and oxygen atoms in total. The lowest BCUT2D eigenvalue weighted by Gasteiger charge is -2.10. The van der Waals surface area contributed by atoms with Crippen molar-refractivity contribution in [1.82, 2.24) is 14.9 Å².